The summed E-state index contributed by atoms with van der Waals surface area (Å²) in [5.41, 5.74) is -0.323. The minimum absolute atomic E-state index is 0.0197. The summed E-state index contributed by atoms with van der Waals surface area (Å²) < 4.78 is 58.1. The van der Waals surface area contributed by atoms with E-state index in [4.69, 9.17) is 4.74 Å². The fourth-order valence-electron chi connectivity index (χ4n) is 1.99. The second-order valence-corrected chi connectivity index (χ2v) is 4.47. The van der Waals surface area contributed by atoms with E-state index in [1.54, 1.807) is 0 Å². The number of aliphatic hydroxyl groups excluding tert-OH is 1. The van der Waals surface area contributed by atoms with Gasteiger partial charge in [0.15, 0.2) is 11.6 Å². The van der Waals surface area contributed by atoms with E-state index in [1.807, 2.05) is 0 Å². The van der Waals surface area contributed by atoms with Gasteiger partial charge in [0.2, 0.25) is 0 Å². The molecule has 2 aromatic rings. The molecule has 0 spiro atoms. The molecule has 2 aromatic carbocycles. The molecular weight excluding hydrogens is 288 g/mol. The number of rotatable bonds is 4. The Morgan fingerprint density at radius 2 is 1.57 bits per heavy atom. The topological polar surface area (TPSA) is 29.5 Å². The third-order valence-electron chi connectivity index (χ3n) is 3.03. The van der Waals surface area contributed by atoms with Crippen LogP contribution in [0.15, 0.2) is 30.3 Å². The molecule has 0 aliphatic carbocycles. The quantitative estimate of drug-likeness (QED) is 0.875. The number of aliphatic hydroxyl groups is 1. The number of methoxy groups -OCH3 is 1. The van der Waals surface area contributed by atoms with Gasteiger partial charge in [0, 0.05) is 18.6 Å². The highest BCUT2D eigenvalue weighted by Gasteiger charge is 2.20. The van der Waals surface area contributed by atoms with Crippen molar-refractivity contribution in [3.63, 3.8) is 0 Å². The maximum absolute atomic E-state index is 13.8. The van der Waals surface area contributed by atoms with Crippen LogP contribution in [0.25, 0.3) is 0 Å². The molecule has 0 fully saturated rings. The normalized spacial score (nSPS) is 12.3. The maximum atomic E-state index is 13.8. The highest BCUT2D eigenvalue weighted by Crippen LogP contribution is 2.28. The second-order valence-electron chi connectivity index (χ2n) is 4.47. The van der Waals surface area contributed by atoms with Crippen LogP contribution in [0.4, 0.5) is 17.6 Å². The Bertz CT molecular complexity index is 635. The van der Waals surface area contributed by atoms with Gasteiger partial charge in [-0.25, -0.2) is 17.6 Å². The van der Waals surface area contributed by atoms with Crippen LogP contribution in [0.5, 0.6) is 5.75 Å². The Morgan fingerprint density at radius 1 is 0.952 bits per heavy atom. The van der Waals surface area contributed by atoms with E-state index in [0.29, 0.717) is 0 Å². The molecule has 0 amide bonds. The summed E-state index contributed by atoms with van der Waals surface area (Å²) in [6.07, 6.45) is -1.78. The Balaban J connectivity index is 2.27. The van der Waals surface area contributed by atoms with Crippen LogP contribution < -0.4 is 4.74 Å². The SMILES string of the molecule is COc1cc(F)c(C(O)Cc2ccc(F)c(F)c2)c(F)c1. The van der Waals surface area contributed by atoms with Gasteiger partial charge in [-0.15, -0.1) is 0 Å². The molecule has 0 bridgehead atoms. The lowest BCUT2D eigenvalue weighted by molar-refractivity contribution is 0.168. The van der Waals surface area contributed by atoms with Gasteiger partial charge in [0.1, 0.15) is 17.4 Å². The summed E-state index contributed by atoms with van der Waals surface area (Å²) in [4.78, 5) is 0. The number of halogens is 4. The molecule has 0 aromatic heterocycles. The summed E-state index contributed by atoms with van der Waals surface area (Å²) >= 11 is 0. The first-order valence-corrected chi connectivity index (χ1v) is 6.07. The van der Waals surface area contributed by atoms with Crippen LogP contribution in [0.1, 0.15) is 17.2 Å². The third-order valence-corrected chi connectivity index (χ3v) is 3.03. The Hall–Kier alpha value is -2.08. The molecule has 1 N–H and O–H groups in total. The van der Waals surface area contributed by atoms with E-state index >= 15 is 0 Å². The van der Waals surface area contributed by atoms with E-state index in [1.165, 1.54) is 13.2 Å². The average molecular weight is 300 g/mol. The molecule has 21 heavy (non-hydrogen) atoms. The van der Waals surface area contributed by atoms with Gasteiger partial charge in [-0.05, 0) is 17.7 Å². The van der Waals surface area contributed by atoms with Crippen molar-refractivity contribution < 1.29 is 27.4 Å². The van der Waals surface area contributed by atoms with Crippen LogP contribution in [0, 0.1) is 23.3 Å². The van der Waals surface area contributed by atoms with Gasteiger partial charge in [-0.1, -0.05) is 6.07 Å². The van der Waals surface area contributed by atoms with E-state index in [0.717, 1.165) is 24.3 Å². The molecule has 0 saturated carbocycles. The first kappa shape index (κ1) is 15.3. The van der Waals surface area contributed by atoms with Crippen molar-refractivity contribution in [1.82, 2.24) is 0 Å². The molecule has 6 heteroatoms. The minimum Gasteiger partial charge on any atom is -0.497 e. The molecule has 1 atom stereocenters. The first-order valence-electron chi connectivity index (χ1n) is 6.07. The Labute approximate surface area is 118 Å². The molecular formula is C15H12F4O2. The summed E-state index contributed by atoms with van der Waals surface area (Å²) in [5.74, 6) is -4.08. The lowest BCUT2D eigenvalue weighted by Crippen LogP contribution is -2.08. The van der Waals surface area contributed by atoms with E-state index in [-0.39, 0.29) is 17.7 Å². The number of hydrogen-bond acceptors (Lipinski definition) is 2. The van der Waals surface area contributed by atoms with E-state index < -0.39 is 34.9 Å². The molecule has 0 aliphatic rings. The largest absolute Gasteiger partial charge is 0.497 e. The molecule has 2 nitrogen and oxygen atoms in total. The zero-order chi connectivity index (χ0) is 15.6. The van der Waals surface area contributed by atoms with Crippen molar-refractivity contribution in [3.8, 4) is 5.75 Å². The lowest BCUT2D eigenvalue weighted by Gasteiger charge is -2.14. The van der Waals surface area contributed by atoms with Gasteiger partial charge in [0.25, 0.3) is 0 Å². The zero-order valence-electron chi connectivity index (χ0n) is 11.0. The minimum atomic E-state index is -1.53. The second kappa shape index (κ2) is 6.13. The maximum Gasteiger partial charge on any atom is 0.159 e. The lowest BCUT2D eigenvalue weighted by atomic mass is 10.00. The third kappa shape index (κ3) is 3.33. The van der Waals surface area contributed by atoms with Crippen molar-refractivity contribution in [1.29, 1.82) is 0 Å². The van der Waals surface area contributed by atoms with E-state index in [2.05, 4.69) is 0 Å². The van der Waals surface area contributed by atoms with Gasteiger partial charge >= 0.3 is 0 Å². The summed E-state index contributed by atoms with van der Waals surface area (Å²) in [5, 5.41) is 9.92. The number of ether oxygens (including phenoxy) is 1. The fraction of sp³-hybridized carbons (Fsp3) is 0.200. The monoisotopic (exact) mass is 300 g/mol. The molecule has 0 heterocycles. The van der Waals surface area contributed by atoms with Crippen LogP contribution in [-0.2, 0) is 6.42 Å². The van der Waals surface area contributed by atoms with Crippen molar-refractivity contribution in [2.45, 2.75) is 12.5 Å². The standard InChI is InChI=1S/C15H12F4O2/c1-21-9-6-12(18)15(13(19)7-9)14(20)5-8-2-3-10(16)11(17)4-8/h2-4,6-7,14,20H,5H2,1H3. The van der Waals surface area contributed by atoms with Gasteiger partial charge in [-0.2, -0.15) is 0 Å². The zero-order valence-corrected chi connectivity index (χ0v) is 11.0. The van der Waals surface area contributed by atoms with Crippen LogP contribution in [-0.4, -0.2) is 12.2 Å². The van der Waals surface area contributed by atoms with Crippen molar-refractivity contribution in [2.75, 3.05) is 7.11 Å². The predicted molar refractivity (Wildman–Crippen MR) is 67.9 cm³/mol. The van der Waals surface area contributed by atoms with Crippen LogP contribution in [0.2, 0.25) is 0 Å². The summed E-state index contributed by atoms with van der Waals surface area (Å²) in [7, 11) is 1.26. The van der Waals surface area contributed by atoms with Crippen molar-refractivity contribution in [3.05, 3.63) is 64.7 Å². The molecule has 0 radical (unpaired) electrons. The van der Waals surface area contributed by atoms with Crippen LogP contribution in [0.3, 0.4) is 0 Å². The highest BCUT2D eigenvalue weighted by molar-refractivity contribution is 5.33. The van der Waals surface area contributed by atoms with Gasteiger partial charge < -0.3 is 9.84 Å². The summed E-state index contributed by atoms with van der Waals surface area (Å²) in [6.45, 7) is 0. The van der Waals surface area contributed by atoms with Gasteiger partial charge in [-0.3, -0.25) is 0 Å². The van der Waals surface area contributed by atoms with Crippen molar-refractivity contribution in [2.24, 2.45) is 0 Å². The molecule has 112 valence electrons. The fourth-order valence-corrected chi connectivity index (χ4v) is 1.99. The van der Waals surface area contributed by atoms with E-state index in [9.17, 15) is 22.7 Å². The summed E-state index contributed by atoms with van der Waals surface area (Å²) in [6, 6.07) is 4.87. The average Bonchev–Trinajstić information content (AvgIpc) is 2.42. The molecule has 0 aliphatic heterocycles. The number of benzene rings is 2. The van der Waals surface area contributed by atoms with Crippen LogP contribution >= 0.6 is 0 Å². The highest BCUT2D eigenvalue weighted by atomic mass is 19.2. The van der Waals surface area contributed by atoms with Gasteiger partial charge in [0.05, 0.1) is 18.8 Å². The Morgan fingerprint density at radius 3 is 2.10 bits per heavy atom. The molecule has 2 rings (SSSR count). The Kier molecular flexibility index (Phi) is 4.47. The smallest absolute Gasteiger partial charge is 0.159 e. The number of hydrogen-bond donors (Lipinski definition) is 1. The predicted octanol–water partition coefficient (Wildman–Crippen LogP) is 3.53. The van der Waals surface area contributed by atoms with Crippen molar-refractivity contribution >= 4 is 0 Å². The first-order chi connectivity index (χ1) is 9.92. The molecule has 0 saturated heterocycles. The molecule has 1 unspecified atom stereocenters.